The first kappa shape index (κ1) is 17.7. The van der Waals surface area contributed by atoms with Gasteiger partial charge < -0.3 is 20.3 Å². The summed E-state index contributed by atoms with van der Waals surface area (Å²) in [5.41, 5.74) is 1.94. The van der Waals surface area contributed by atoms with E-state index in [1.165, 1.54) is 5.56 Å². The van der Waals surface area contributed by atoms with Crippen molar-refractivity contribution in [3.8, 4) is 5.75 Å². The highest BCUT2D eigenvalue weighted by molar-refractivity contribution is 5.95. The van der Waals surface area contributed by atoms with Crippen molar-refractivity contribution in [2.24, 2.45) is 0 Å². The van der Waals surface area contributed by atoms with Crippen molar-refractivity contribution in [3.63, 3.8) is 0 Å². The van der Waals surface area contributed by atoms with Crippen LogP contribution in [0, 0.1) is 0 Å². The number of likely N-dealkylation sites (tertiary alicyclic amines) is 1. The number of carbonyl (C=O) groups excluding carboxylic acids is 2. The lowest BCUT2D eigenvalue weighted by Crippen LogP contribution is -2.36. The van der Waals surface area contributed by atoms with Gasteiger partial charge in [-0.15, -0.1) is 0 Å². The summed E-state index contributed by atoms with van der Waals surface area (Å²) in [6.45, 7) is 3.79. The molecule has 0 aliphatic carbocycles. The zero-order chi connectivity index (χ0) is 17.5. The zero-order valence-electron chi connectivity index (χ0n) is 14.7. The van der Waals surface area contributed by atoms with Crippen LogP contribution in [0.1, 0.15) is 37.7 Å². The van der Waals surface area contributed by atoms with Gasteiger partial charge in [0, 0.05) is 19.5 Å². The minimum absolute atomic E-state index is 0.0942. The maximum absolute atomic E-state index is 11.7. The molecule has 6 heteroatoms. The molecule has 2 N–H and O–H groups in total. The fourth-order valence-corrected chi connectivity index (χ4v) is 3.29. The van der Waals surface area contributed by atoms with Gasteiger partial charge in [0.1, 0.15) is 5.75 Å². The van der Waals surface area contributed by atoms with Gasteiger partial charge in [-0.3, -0.25) is 9.59 Å². The number of fused-ring (bicyclic) bond motifs is 1. The first-order chi connectivity index (χ1) is 12.2. The van der Waals surface area contributed by atoms with E-state index in [0.717, 1.165) is 76.1 Å². The van der Waals surface area contributed by atoms with Gasteiger partial charge in [-0.05, 0) is 62.9 Å². The fourth-order valence-electron chi connectivity index (χ4n) is 3.29. The average Bonchev–Trinajstić information content (AvgIpc) is 2.62. The van der Waals surface area contributed by atoms with E-state index < -0.39 is 0 Å². The molecule has 2 amide bonds. The summed E-state index contributed by atoms with van der Waals surface area (Å²) in [6.07, 6.45) is 5.97. The minimum Gasteiger partial charge on any atom is -0.482 e. The molecule has 0 aromatic heterocycles. The van der Waals surface area contributed by atoms with Gasteiger partial charge in [0.15, 0.2) is 6.61 Å². The summed E-state index contributed by atoms with van der Waals surface area (Å²) in [7, 11) is 0. The maximum Gasteiger partial charge on any atom is 0.262 e. The van der Waals surface area contributed by atoms with E-state index in [4.69, 9.17) is 4.74 Å². The predicted molar refractivity (Wildman–Crippen MR) is 96.8 cm³/mol. The lowest BCUT2D eigenvalue weighted by atomic mass is 10.1. The number of nitrogens with one attached hydrogen (secondary N) is 2. The van der Waals surface area contributed by atoms with Gasteiger partial charge in [0.05, 0.1) is 5.69 Å². The Kier molecular flexibility index (Phi) is 6.28. The Labute approximate surface area is 148 Å². The maximum atomic E-state index is 11.7. The van der Waals surface area contributed by atoms with Gasteiger partial charge in [-0.1, -0.05) is 6.07 Å². The van der Waals surface area contributed by atoms with Gasteiger partial charge in [0.2, 0.25) is 5.91 Å². The van der Waals surface area contributed by atoms with Crippen LogP contribution in [0.4, 0.5) is 5.69 Å². The molecule has 0 spiro atoms. The lowest BCUT2D eigenvalue weighted by Gasteiger charge is -2.26. The number of piperidine rings is 1. The SMILES string of the molecule is O=C1COc2ccc(CCNCCCCN3CCCCC3=O)cc2N1. The normalized spacial score (nSPS) is 17.0. The summed E-state index contributed by atoms with van der Waals surface area (Å²) < 4.78 is 5.36. The van der Waals surface area contributed by atoms with E-state index in [2.05, 4.69) is 10.6 Å². The molecular formula is C19H27N3O3. The minimum atomic E-state index is -0.102. The zero-order valence-corrected chi connectivity index (χ0v) is 14.7. The Bertz CT molecular complexity index is 618. The quantitative estimate of drug-likeness (QED) is 0.707. The molecule has 1 fully saturated rings. The van der Waals surface area contributed by atoms with Crippen LogP contribution in [0.2, 0.25) is 0 Å². The first-order valence-electron chi connectivity index (χ1n) is 9.26. The van der Waals surface area contributed by atoms with Gasteiger partial charge in [0.25, 0.3) is 5.91 Å². The summed E-state index contributed by atoms with van der Waals surface area (Å²) >= 11 is 0. The Morgan fingerprint density at radius 3 is 2.96 bits per heavy atom. The van der Waals surface area contributed by atoms with Crippen molar-refractivity contribution >= 4 is 17.5 Å². The predicted octanol–water partition coefficient (Wildman–Crippen LogP) is 1.94. The highest BCUT2D eigenvalue weighted by Crippen LogP contribution is 2.28. The van der Waals surface area contributed by atoms with Crippen molar-refractivity contribution in [1.29, 1.82) is 0 Å². The van der Waals surface area contributed by atoms with Crippen molar-refractivity contribution in [2.45, 2.75) is 38.5 Å². The van der Waals surface area contributed by atoms with Crippen LogP contribution < -0.4 is 15.4 Å². The molecule has 0 saturated carbocycles. The number of carbonyl (C=O) groups is 2. The molecular weight excluding hydrogens is 318 g/mol. The van der Waals surface area contributed by atoms with Crippen molar-refractivity contribution in [2.75, 3.05) is 38.1 Å². The number of nitrogens with zero attached hydrogens (tertiary/aromatic N) is 1. The van der Waals surface area contributed by atoms with E-state index in [1.807, 2.05) is 23.1 Å². The summed E-state index contributed by atoms with van der Waals surface area (Å²) in [4.78, 5) is 25.1. The standard InChI is InChI=1S/C19H27N3O3/c23-18-14-25-17-7-6-15(13-16(17)21-18)8-10-20-9-2-4-12-22-11-3-1-5-19(22)24/h6-7,13,20H,1-5,8-12,14H2,(H,21,23). The largest absolute Gasteiger partial charge is 0.482 e. The third kappa shape index (κ3) is 5.19. The third-order valence-electron chi connectivity index (χ3n) is 4.72. The molecule has 0 radical (unpaired) electrons. The second-order valence-electron chi connectivity index (χ2n) is 6.71. The van der Waals surface area contributed by atoms with E-state index in [9.17, 15) is 9.59 Å². The molecule has 0 unspecified atom stereocenters. The Hall–Kier alpha value is -2.08. The molecule has 2 aliphatic heterocycles. The Morgan fingerprint density at radius 2 is 2.08 bits per heavy atom. The van der Waals surface area contributed by atoms with Crippen LogP contribution in [0.25, 0.3) is 0 Å². The second-order valence-corrected chi connectivity index (χ2v) is 6.71. The molecule has 2 heterocycles. The molecule has 3 rings (SSSR count). The van der Waals surface area contributed by atoms with Crippen molar-refractivity contribution in [3.05, 3.63) is 23.8 Å². The Morgan fingerprint density at radius 1 is 1.16 bits per heavy atom. The lowest BCUT2D eigenvalue weighted by molar-refractivity contribution is -0.133. The molecule has 0 bridgehead atoms. The number of benzene rings is 1. The highest BCUT2D eigenvalue weighted by Gasteiger charge is 2.17. The first-order valence-corrected chi connectivity index (χ1v) is 9.26. The molecule has 1 saturated heterocycles. The molecule has 1 aromatic carbocycles. The number of anilines is 1. The van der Waals surface area contributed by atoms with Crippen LogP contribution in [-0.2, 0) is 16.0 Å². The molecule has 2 aliphatic rings. The molecule has 136 valence electrons. The number of rotatable bonds is 8. The van der Waals surface area contributed by atoms with Crippen LogP contribution in [-0.4, -0.2) is 49.5 Å². The summed E-state index contributed by atoms with van der Waals surface area (Å²) in [5, 5.41) is 6.29. The summed E-state index contributed by atoms with van der Waals surface area (Å²) in [5.74, 6) is 0.959. The monoisotopic (exact) mass is 345 g/mol. The van der Waals surface area contributed by atoms with Crippen LogP contribution in [0.15, 0.2) is 18.2 Å². The molecule has 1 aromatic rings. The Balaban J connectivity index is 1.29. The topological polar surface area (TPSA) is 70.7 Å². The van der Waals surface area contributed by atoms with E-state index >= 15 is 0 Å². The number of hydrogen-bond donors (Lipinski definition) is 2. The van der Waals surface area contributed by atoms with Gasteiger partial charge in [-0.25, -0.2) is 0 Å². The number of hydrogen-bond acceptors (Lipinski definition) is 4. The fraction of sp³-hybridized carbons (Fsp3) is 0.579. The van der Waals surface area contributed by atoms with Crippen LogP contribution >= 0.6 is 0 Å². The molecule has 25 heavy (non-hydrogen) atoms. The molecule has 6 nitrogen and oxygen atoms in total. The highest BCUT2D eigenvalue weighted by atomic mass is 16.5. The second kappa shape index (κ2) is 8.85. The average molecular weight is 345 g/mol. The van der Waals surface area contributed by atoms with Crippen molar-refractivity contribution in [1.82, 2.24) is 10.2 Å². The number of ether oxygens (including phenoxy) is 1. The van der Waals surface area contributed by atoms with E-state index in [0.29, 0.717) is 5.91 Å². The van der Waals surface area contributed by atoms with Gasteiger partial charge in [-0.2, -0.15) is 0 Å². The van der Waals surface area contributed by atoms with E-state index in [1.54, 1.807) is 0 Å². The van der Waals surface area contributed by atoms with Crippen LogP contribution in [0.5, 0.6) is 5.75 Å². The van der Waals surface area contributed by atoms with Crippen molar-refractivity contribution < 1.29 is 14.3 Å². The van der Waals surface area contributed by atoms with Gasteiger partial charge >= 0.3 is 0 Å². The number of amides is 2. The van der Waals surface area contributed by atoms with Crippen LogP contribution in [0.3, 0.4) is 0 Å². The summed E-state index contributed by atoms with van der Waals surface area (Å²) in [6, 6.07) is 5.94. The third-order valence-corrected chi connectivity index (χ3v) is 4.72. The number of unbranched alkanes of at least 4 members (excludes halogenated alkanes) is 1. The van der Waals surface area contributed by atoms with E-state index in [-0.39, 0.29) is 12.5 Å². The molecule has 0 atom stereocenters. The smallest absolute Gasteiger partial charge is 0.262 e.